The topological polar surface area (TPSA) is 174 Å². The molecule has 45 heavy (non-hydrogen) atoms. The van der Waals surface area contributed by atoms with Gasteiger partial charge in [0.05, 0.1) is 35.4 Å². The summed E-state index contributed by atoms with van der Waals surface area (Å²) < 4.78 is 46.6. The van der Waals surface area contributed by atoms with Crippen LogP contribution >= 0.6 is 0 Å². The molecule has 2 saturated carbocycles. The van der Waals surface area contributed by atoms with Gasteiger partial charge in [0, 0.05) is 19.3 Å². The molecule has 3 aromatic rings. The highest BCUT2D eigenvalue weighted by molar-refractivity contribution is 5.87. The molecule has 3 aliphatic rings. The van der Waals surface area contributed by atoms with E-state index >= 15 is 0 Å². The molecule has 3 aromatic heterocycles. The number of fused-ring (bicyclic) bond motifs is 1. The lowest BCUT2D eigenvalue weighted by atomic mass is 9.47. The highest BCUT2D eigenvalue weighted by Crippen LogP contribution is 2.69. The predicted octanol–water partition coefficient (Wildman–Crippen LogP) is 4.10. The summed E-state index contributed by atoms with van der Waals surface area (Å²) in [4.78, 5) is 52.6. The Labute approximate surface area is 257 Å². The summed E-state index contributed by atoms with van der Waals surface area (Å²) in [5, 5.41) is 12.5. The molecule has 0 amide bonds. The quantitative estimate of drug-likeness (QED) is 0.293. The summed E-state index contributed by atoms with van der Waals surface area (Å²) in [7, 11) is 0. The number of aliphatic hydroxyl groups is 1. The molecule has 2 bridgehead atoms. The van der Waals surface area contributed by atoms with E-state index in [1.165, 1.54) is 69.0 Å². The van der Waals surface area contributed by atoms with Gasteiger partial charge in [0.15, 0.2) is 6.10 Å². The van der Waals surface area contributed by atoms with Gasteiger partial charge < -0.3 is 42.0 Å². The number of hydrogen-bond donors (Lipinski definition) is 1. The van der Waals surface area contributed by atoms with Gasteiger partial charge in [-0.2, -0.15) is 0 Å². The maximum atomic E-state index is 13.4. The van der Waals surface area contributed by atoms with Gasteiger partial charge in [0.25, 0.3) is 0 Å². The highest BCUT2D eigenvalue weighted by Gasteiger charge is 2.84. The third-order valence-corrected chi connectivity index (χ3v) is 9.55. The maximum Gasteiger partial charge on any atom is 0.374 e. The van der Waals surface area contributed by atoms with Gasteiger partial charge in [-0.3, -0.25) is 4.79 Å². The minimum atomic E-state index is -1.94. The molecule has 2 unspecified atom stereocenters. The maximum absolute atomic E-state index is 13.4. The molecule has 1 saturated heterocycles. The molecule has 2 aliphatic carbocycles. The van der Waals surface area contributed by atoms with Gasteiger partial charge >= 0.3 is 23.9 Å². The summed E-state index contributed by atoms with van der Waals surface area (Å²) in [6, 6.07) is 8.84. The van der Waals surface area contributed by atoms with Gasteiger partial charge in [-0.05, 0) is 70.5 Å². The smallest absolute Gasteiger partial charge is 0.374 e. The molecule has 1 spiro atoms. The van der Waals surface area contributed by atoms with Gasteiger partial charge in [0.1, 0.15) is 23.9 Å². The first kappa shape index (κ1) is 30.7. The van der Waals surface area contributed by atoms with Crippen molar-refractivity contribution in [3.8, 4) is 0 Å². The SMILES string of the molecule is CC(=O)O[C@H]1[C@@H](OC(=O)c2ccco2)C[C@](C)(O)C23OC(C)(C)C(C[C@H](OC(=O)c4ccco4)[C@]12C)[C@H]3OC(=O)c1ccco1. The summed E-state index contributed by atoms with van der Waals surface area (Å²) in [5.74, 6) is -4.15. The average Bonchev–Trinajstić information content (AvgIpc) is 3.77. The van der Waals surface area contributed by atoms with E-state index in [0.717, 1.165) is 0 Å². The van der Waals surface area contributed by atoms with Gasteiger partial charge in [-0.1, -0.05) is 0 Å². The first-order valence-electron chi connectivity index (χ1n) is 14.5. The molecule has 3 fully saturated rings. The van der Waals surface area contributed by atoms with E-state index in [0.29, 0.717) is 0 Å². The van der Waals surface area contributed by atoms with Gasteiger partial charge in [-0.15, -0.1) is 0 Å². The van der Waals surface area contributed by atoms with Crippen molar-refractivity contribution in [1.29, 1.82) is 0 Å². The fraction of sp³-hybridized carbons (Fsp3) is 0.500. The van der Waals surface area contributed by atoms with Gasteiger partial charge in [-0.25, -0.2) is 14.4 Å². The molecule has 240 valence electrons. The molecule has 13 heteroatoms. The van der Waals surface area contributed by atoms with Crippen molar-refractivity contribution in [2.75, 3.05) is 0 Å². The number of furan rings is 3. The van der Waals surface area contributed by atoms with E-state index in [4.69, 9.17) is 36.9 Å². The number of hydrogen-bond acceptors (Lipinski definition) is 13. The van der Waals surface area contributed by atoms with Crippen molar-refractivity contribution in [2.24, 2.45) is 11.3 Å². The Morgan fingerprint density at radius 1 is 0.756 bits per heavy atom. The Hall–Kier alpha value is -4.36. The molecule has 1 aliphatic heterocycles. The van der Waals surface area contributed by atoms with Crippen LogP contribution in [-0.4, -0.2) is 70.2 Å². The van der Waals surface area contributed by atoms with E-state index in [-0.39, 0.29) is 30.1 Å². The Morgan fingerprint density at radius 3 is 1.76 bits per heavy atom. The minimum Gasteiger partial charge on any atom is -0.458 e. The predicted molar refractivity (Wildman–Crippen MR) is 149 cm³/mol. The average molecular weight is 627 g/mol. The lowest BCUT2D eigenvalue weighted by Crippen LogP contribution is -2.81. The van der Waals surface area contributed by atoms with Crippen molar-refractivity contribution in [2.45, 2.75) is 88.7 Å². The first-order chi connectivity index (χ1) is 21.2. The minimum absolute atomic E-state index is 0.0422. The van der Waals surface area contributed by atoms with E-state index in [1.807, 2.05) is 0 Å². The van der Waals surface area contributed by atoms with Crippen LogP contribution in [0.4, 0.5) is 0 Å². The Bertz CT molecular complexity index is 1570. The van der Waals surface area contributed by atoms with Crippen LogP contribution in [0.15, 0.2) is 68.4 Å². The van der Waals surface area contributed by atoms with Crippen molar-refractivity contribution < 1.29 is 61.2 Å². The van der Waals surface area contributed by atoms with Crippen LogP contribution in [0.25, 0.3) is 0 Å². The highest BCUT2D eigenvalue weighted by atomic mass is 16.6. The lowest BCUT2D eigenvalue weighted by molar-refractivity contribution is -0.342. The van der Waals surface area contributed by atoms with E-state index < -0.39 is 76.4 Å². The molecule has 1 N–H and O–H groups in total. The van der Waals surface area contributed by atoms with E-state index in [9.17, 15) is 24.3 Å². The second-order valence-corrected chi connectivity index (χ2v) is 12.7. The normalized spacial score (nSPS) is 34.8. The zero-order chi connectivity index (χ0) is 32.4. The zero-order valence-electron chi connectivity index (χ0n) is 25.3. The number of ether oxygens (including phenoxy) is 5. The largest absolute Gasteiger partial charge is 0.458 e. The summed E-state index contributed by atoms with van der Waals surface area (Å²) in [6.45, 7) is 7.80. The zero-order valence-corrected chi connectivity index (χ0v) is 25.3. The van der Waals surface area contributed by atoms with Crippen molar-refractivity contribution in [3.05, 3.63) is 72.5 Å². The summed E-state index contributed by atoms with van der Waals surface area (Å²) >= 11 is 0. The number of carbonyl (C=O) groups excluding carboxylic acids is 4. The molecule has 6 rings (SSSR count). The monoisotopic (exact) mass is 626 g/mol. The van der Waals surface area contributed by atoms with Gasteiger partial charge in [0.2, 0.25) is 17.3 Å². The van der Waals surface area contributed by atoms with Crippen LogP contribution in [-0.2, 0) is 28.5 Å². The molecular formula is C32H34O13. The molecule has 8 atom stereocenters. The first-order valence-corrected chi connectivity index (χ1v) is 14.5. The van der Waals surface area contributed by atoms with Crippen molar-refractivity contribution in [3.63, 3.8) is 0 Å². The number of rotatable bonds is 7. The molecule has 0 radical (unpaired) electrons. The van der Waals surface area contributed by atoms with Crippen LogP contribution < -0.4 is 0 Å². The fourth-order valence-electron chi connectivity index (χ4n) is 7.72. The van der Waals surface area contributed by atoms with E-state index in [1.54, 1.807) is 20.8 Å². The molecule has 4 heterocycles. The third-order valence-electron chi connectivity index (χ3n) is 9.55. The van der Waals surface area contributed by atoms with Crippen molar-refractivity contribution in [1.82, 2.24) is 0 Å². The number of carbonyl (C=O) groups is 4. The Balaban J connectivity index is 1.51. The van der Waals surface area contributed by atoms with Crippen molar-refractivity contribution >= 4 is 23.9 Å². The van der Waals surface area contributed by atoms with Crippen LogP contribution in [0.2, 0.25) is 0 Å². The fourth-order valence-corrected chi connectivity index (χ4v) is 7.72. The second-order valence-electron chi connectivity index (χ2n) is 12.7. The lowest BCUT2D eigenvalue weighted by Gasteiger charge is -2.65. The summed E-state index contributed by atoms with van der Waals surface area (Å²) in [6.07, 6.45) is -1.29. The summed E-state index contributed by atoms with van der Waals surface area (Å²) in [5.41, 5.74) is -6.59. The molecule has 13 nitrogen and oxygen atoms in total. The molecule has 0 aromatic carbocycles. The van der Waals surface area contributed by atoms with E-state index in [2.05, 4.69) is 0 Å². The number of esters is 4. The van der Waals surface area contributed by atoms with Crippen LogP contribution in [0.1, 0.15) is 79.1 Å². The van der Waals surface area contributed by atoms with Crippen LogP contribution in [0, 0.1) is 11.3 Å². The Morgan fingerprint density at radius 2 is 1.27 bits per heavy atom. The Kier molecular flexibility index (Phi) is 7.24. The van der Waals surface area contributed by atoms with Crippen LogP contribution in [0.3, 0.4) is 0 Å². The van der Waals surface area contributed by atoms with Crippen LogP contribution in [0.5, 0.6) is 0 Å². The standard InChI is InChI=1S/C32H34O13/c1-17(33)41-25-22(42-26(34)19-9-6-12-38-19)16-30(4,37)32-24(44-28(36)21-11-8-14-40-21)18(29(2,3)45-32)15-23(31(25,32)5)43-27(35)20-10-7-13-39-20/h6-14,18,22-25,37H,15-16H2,1-5H3/t18?,22-,23-,24+,25-,30-,31+,32?/m0/s1. The third kappa shape index (κ3) is 4.67. The second kappa shape index (κ2) is 10.6. The molecular weight excluding hydrogens is 592 g/mol.